The molecule has 1 aromatic carbocycles. The van der Waals surface area contributed by atoms with E-state index < -0.39 is 28.4 Å². The first-order valence-corrected chi connectivity index (χ1v) is 13.9. The van der Waals surface area contributed by atoms with Gasteiger partial charge in [0, 0.05) is 18.5 Å². The molecule has 1 aliphatic heterocycles. The molecule has 202 valence electrons. The van der Waals surface area contributed by atoms with Gasteiger partial charge in [0.2, 0.25) is 0 Å². The lowest BCUT2D eigenvalue weighted by Gasteiger charge is -2.14. The number of fused-ring (bicyclic) bond motifs is 1. The van der Waals surface area contributed by atoms with Crippen molar-refractivity contribution in [2.24, 2.45) is 0 Å². The summed E-state index contributed by atoms with van der Waals surface area (Å²) < 4.78 is 70.1. The molecule has 4 aromatic rings. The van der Waals surface area contributed by atoms with Gasteiger partial charge in [0.25, 0.3) is 10.0 Å². The van der Waals surface area contributed by atoms with Crippen LogP contribution in [0.1, 0.15) is 30.7 Å². The number of likely N-dealkylation sites (tertiary alicyclic amines) is 1. The molecule has 1 fully saturated rings. The Balaban J connectivity index is 1.27. The van der Waals surface area contributed by atoms with E-state index in [1.165, 1.54) is 25.2 Å². The van der Waals surface area contributed by atoms with Crippen molar-refractivity contribution >= 4 is 15.7 Å². The average molecular weight is 549 g/mol. The Kier molecular flexibility index (Phi) is 7.39. The van der Waals surface area contributed by atoms with Crippen molar-refractivity contribution in [2.75, 3.05) is 32.0 Å². The van der Waals surface area contributed by atoms with Crippen LogP contribution in [0.15, 0.2) is 54.9 Å². The first-order valence-electron chi connectivity index (χ1n) is 12.3. The van der Waals surface area contributed by atoms with E-state index in [0.29, 0.717) is 39.8 Å². The summed E-state index contributed by atoms with van der Waals surface area (Å²) in [7, 11) is -4.26. The van der Waals surface area contributed by atoms with Gasteiger partial charge in [-0.3, -0.25) is 4.90 Å². The Hall–Kier alpha value is -3.45. The Bertz CT molecular complexity index is 1490. The first-order chi connectivity index (χ1) is 18.2. The molecule has 1 saturated heterocycles. The first kappa shape index (κ1) is 26.2. The molecule has 0 N–H and O–H groups in total. The molecule has 0 amide bonds. The Morgan fingerprint density at radius 1 is 1.03 bits per heavy atom. The van der Waals surface area contributed by atoms with E-state index >= 15 is 0 Å². The summed E-state index contributed by atoms with van der Waals surface area (Å²) in [6.07, 6.45) is -0.576. The highest BCUT2D eigenvalue weighted by Gasteiger charge is 2.31. The summed E-state index contributed by atoms with van der Waals surface area (Å²) >= 11 is 0. The molecule has 0 unspecified atom stereocenters. The Morgan fingerprint density at radius 3 is 2.53 bits per heavy atom. The minimum absolute atomic E-state index is 0.387. The van der Waals surface area contributed by atoms with Crippen LogP contribution in [0.4, 0.5) is 13.2 Å². The Labute approximate surface area is 217 Å². The normalized spacial score (nSPS) is 14.9. The fourth-order valence-electron chi connectivity index (χ4n) is 4.36. The molecule has 0 atom stereocenters. The molecule has 5 rings (SSSR count). The van der Waals surface area contributed by atoms with Crippen molar-refractivity contribution in [3.05, 3.63) is 66.2 Å². The second-order valence-electron chi connectivity index (χ2n) is 9.21. The van der Waals surface area contributed by atoms with Gasteiger partial charge in [-0.05, 0) is 55.8 Å². The van der Waals surface area contributed by atoms with E-state index in [2.05, 4.69) is 20.1 Å². The molecule has 0 saturated carbocycles. The third kappa shape index (κ3) is 6.33. The number of benzene rings is 1. The smallest absolute Gasteiger partial charge is 0.390 e. The summed E-state index contributed by atoms with van der Waals surface area (Å²) in [4.78, 5) is 6.97. The number of hydrogen-bond acceptors (Lipinski definition) is 7. The van der Waals surface area contributed by atoms with Crippen LogP contribution in [-0.2, 0) is 16.4 Å². The minimum Gasteiger partial charge on any atom is -0.492 e. The zero-order valence-electron chi connectivity index (χ0n) is 20.5. The van der Waals surface area contributed by atoms with Crippen molar-refractivity contribution < 1.29 is 26.3 Å². The summed E-state index contributed by atoms with van der Waals surface area (Å²) in [5.41, 5.74) is 2.45. The number of ether oxygens (including phenoxy) is 1. The van der Waals surface area contributed by atoms with Crippen LogP contribution >= 0.6 is 0 Å². The number of pyridine rings is 1. The molecule has 9 nitrogen and oxygen atoms in total. The number of aromatic nitrogens is 5. The highest BCUT2D eigenvalue weighted by Crippen LogP contribution is 2.23. The minimum atomic E-state index is -4.58. The van der Waals surface area contributed by atoms with E-state index in [4.69, 9.17) is 4.74 Å². The van der Waals surface area contributed by atoms with Crippen molar-refractivity contribution in [1.29, 1.82) is 0 Å². The van der Waals surface area contributed by atoms with Gasteiger partial charge in [0.05, 0.1) is 30.3 Å². The lowest BCUT2D eigenvalue weighted by Crippen LogP contribution is -2.25. The van der Waals surface area contributed by atoms with Crippen LogP contribution in [-0.4, -0.2) is 75.3 Å². The number of hydrogen-bond donors (Lipinski definition) is 0. The van der Waals surface area contributed by atoms with Gasteiger partial charge in [0.15, 0.2) is 11.5 Å². The van der Waals surface area contributed by atoms with E-state index in [0.717, 1.165) is 30.9 Å². The Morgan fingerprint density at radius 2 is 1.79 bits per heavy atom. The summed E-state index contributed by atoms with van der Waals surface area (Å²) in [6, 6.07) is 13.0. The predicted molar refractivity (Wildman–Crippen MR) is 134 cm³/mol. The van der Waals surface area contributed by atoms with Crippen molar-refractivity contribution in [3.8, 4) is 17.0 Å². The van der Waals surface area contributed by atoms with Crippen molar-refractivity contribution in [1.82, 2.24) is 28.7 Å². The molecule has 13 heteroatoms. The largest absolute Gasteiger partial charge is 0.492 e. The highest BCUT2D eigenvalue weighted by atomic mass is 32.2. The zero-order valence-corrected chi connectivity index (χ0v) is 21.3. The third-order valence-corrected chi connectivity index (χ3v) is 7.84. The number of halogens is 3. The second-order valence-corrected chi connectivity index (χ2v) is 11.2. The van der Waals surface area contributed by atoms with Crippen LogP contribution in [0.5, 0.6) is 5.75 Å². The van der Waals surface area contributed by atoms with Crippen LogP contribution in [0.3, 0.4) is 0 Å². The molecule has 0 spiro atoms. The van der Waals surface area contributed by atoms with Crippen molar-refractivity contribution in [3.63, 3.8) is 0 Å². The predicted octanol–water partition coefficient (Wildman–Crippen LogP) is 3.79. The van der Waals surface area contributed by atoms with Gasteiger partial charge in [-0.1, -0.05) is 18.2 Å². The maximum Gasteiger partial charge on any atom is 0.390 e. The summed E-state index contributed by atoms with van der Waals surface area (Å²) in [6.45, 7) is 3.85. The molecule has 1 aliphatic rings. The van der Waals surface area contributed by atoms with E-state index in [9.17, 15) is 21.6 Å². The number of rotatable bonds is 10. The monoisotopic (exact) mass is 548 g/mol. The van der Waals surface area contributed by atoms with Crippen LogP contribution in [0.25, 0.3) is 16.9 Å². The fourth-order valence-corrected chi connectivity index (χ4v) is 5.50. The maximum absolute atomic E-state index is 12.5. The van der Waals surface area contributed by atoms with E-state index in [1.807, 2.05) is 24.3 Å². The number of nitrogens with zero attached hydrogens (tertiary/aromatic N) is 6. The molecule has 38 heavy (non-hydrogen) atoms. The fraction of sp³-hybridized carbons (Fsp3) is 0.400. The van der Waals surface area contributed by atoms with Gasteiger partial charge in [-0.15, -0.1) is 0 Å². The molecule has 0 aliphatic carbocycles. The third-order valence-electron chi connectivity index (χ3n) is 6.35. The average Bonchev–Trinajstić information content (AvgIpc) is 3.64. The van der Waals surface area contributed by atoms with Gasteiger partial charge in [-0.2, -0.15) is 27.5 Å². The van der Waals surface area contributed by atoms with Gasteiger partial charge >= 0.3 is 6.18 Å². The highest BCUT2D eigenvalue weighted by molar-refractivity contribution is 7.89. The molecular formula is C25H27F3N6O3S. The molecule has 4 heterocycles. The topological polar surface area (TPSA) is 94.6 Å². The molecule has 0 radical (unpaired) electrons. The summed E-state index contributed by atoms with van der Waals surface area (Å²) in [5, 5.41) is 8.36. The standard InChI is InChI=1S/C25H27F3N6O3S/c26-25(27,28)10-15-38(35,36)33-18-20(17-29-33)22-4-3-5-24-30-23(31-34(22)24)16-19-6-8-21(9-7-19)37-14-13-32-11-1-2-12-32/h3-9,17-18H,1-2,10-16H2. The lowest BCUT2D eigenvalue weighted by molar-refractivity contribution is -0.130. The number of alkyl halides is 3. The van der Waals surface area contributed by atoms with E-state index in [-0.39, 0.29) is 0 Å². The van der Waals surface area contributed by atoms with Gasteiger partial charge < -0.3 is 4.74 Å². The molecule has 0 bridgehead atoms. The van der Waals surface area contributed by atoms with E-state index in [1.54, 1.807) is 22.7 Å². The van der Waals surface area contributed by atoms with Crippen LogP contribution in [0, 0.1) is 0 Å². The molecule has 3 aromatic heterocycles. The zero-order chi connectivity index (χ0) is 26.8. The van der Waals surface area contributed by atoms with Gasteiger partial charge in [-0.25, -0.2) is 17.9 Å². The lowest BCUT2D eigenvalue weighted by atomic mass is 10.1. The quantitative estimate of drug-likeness (QED) is 0.298. The summed E-state index contributed by atoms with van der Waals surface area (Å²) in [5.74, 6) is 0.281. The van der Waals surface area contributed by atoms with Crippen LogP contribution < -0.4 is 4.74 Å². The maximum atomic E-state index is 12.5. The molecular weight excluding hydrogens is 521 g/mol. The van der Waals surface area contributed by atoms with Gasteiger partial charge in [0.1, 0.15) is 12.4 Å². The van der Waals surface area contributed by atoms with Crippen molar-refractivity contribution in [2.45, 2.75) is 31.9 Å². The SMILES string of the molecule is O=S(=O)(CCC(F)(F)F)n1cc(-c2cccc3nc(Cc4ccc(OCCN5CCCC5)cc4)nn23)cn1. The second kappa shape index (κ2) is 10.7. The van der Waals surface area contributed by atoms with Crippen LogP contribution in [0.2, 0.25) is 0 Å².